The van der Waals surface area contributed by atoms with Crippen LogP contribution in [-0.4, -0.2) is 33.8 Å². The summed E-state index contributed by atoms with van der Waals surface area (Å²) in [5.74, 6) is 0.226. The molecule has 2 heterocycles. The Kier molecular flexibility index (Phi) is 6.68. The molecule has 0 saturated carbocycles. The van der Waals surface area contributed by atoms with Gasteiger partial charge in [-0.3, -0.25) is 14.5 Å². The topological polar surface area (TPSA) is 51.5 Å². The summed E-state index contributed by atoms with van der Waals surface area (Å²) in [6.45, 7) is 8.57. The molecule has 1 aromatic heterocycles. The molecule has 2 aromatic carbocycles. The van der Waals surface area contributed by atoms with Crippen LogP contribution in [0.15, 0.2) is 53.4 Å². The van der Waals surface area contributed by atoms with Crippen molar-refractivity contribution in [3.8, 4) is 11.4 Å². The maximum Gasteiger partial charge on any atom is 0.293 e. The van der Waals surface area contributed by atoms with Gasteiger partial charge in [0.2, 0.25) is 0 Å². The fourth-order valence-corrected chi connectivity index (χ4v) is 5.10. The number of aryl methyl sites for hydroxylation is 3. The van der Waals surface area contributed by atoms with Gasteiger partial charge in [-0.1, -0.05) is 29.8 Å². The average Bonchev–Trinajstić information content (AvgIpc) is 3.17. The number of halogens is 1. The van der Waals surface area contributed by atoms with Gasteiger partial charge in [-0.2, -0.15) is 0 Å². The largest absolute Gasteiger partial charge is 0.490 e. The lowest BCUT2D eigenvalue weighted by Crippen LogP contribution is -2.32. The highest BCUT2D eigenvalue weighted by Crippen LogP contribution is 2.34. The minimum atomic E-state index is -0.302. The van der Waals surface area contributed by atoms with E-state index in [2.05, 4.69) is 36.6 Å². The number of rotatable bonds is 6. The minimum Gasteiger partial charge on any atom is -0.490 e. The second kappa shape index (κ2) is 9.49. The third-order valence-corrected chi connectivity index (χ3v) is 6.72. The molecule has 1 saturated heterocycles. The van der Waals surface area contributed by atoms with E-state index in [1.165, 1.54) is 16.0 Å². The highest BCUT2D eigenvalue weighted by Gasteiger charge is 2.35. The number of benzene rings is 2. The Balaban J connectivity index is 1.52. The standard InChI is InChI=1S/C26H25ClN2O3S/c1-16-11-17(2)13-21(12-16)29-18(3)14-20(19(29)4)15-24-25(30)28(26(31)33-24)9-10-32-23-8-6-5-7-22(23)27/h5-8,11-15H,9-10H2,1-4H3/b24-15-. The van der Waals surface area contributed by atoms with Crippen molar-refractivity contribution in [2.24, 2.45) is 0 Å². The average molecular weight is 481 g/mol. The lowest BCUT2D eigenvalue weighted by Gasteiger charge is -2.13. The summed E-state index contributed by atoms with van der Waals surface area (Å²) >= 11 is 7.05. The molecule has 0 unspecified atom stereocenters. The molecule has 0 radical (unpaired) electrons. The minimum absolute atomic E-state index is 0.162. The zero-order chi connectivity index (χ0) is 23.7. The number of thioether (sulfide) groups is 1. The van der Waals surface area contributed by atoms with Crippen LogP contribution in [-0.2, 0) is 4.79 Å². The normalized spacial score (nSPS) is 15.1. The Bertz CT molecular complexity index is 1260. The zero-order valence-corrected chi connectivity index (χ0v) is 20.6. The van der Waals surface area contributed by atoms with Crippen LogP contribution >= 0.6 is 23.4 Å². The quantitative estimate of drug-likeness (QED) is 0.379. The predicted molar refractivity (Wildman–Crippen MR) is 134 cm³/mol. The van der Waals surface area contributed by atoms with Crippen LogP contribution in [0.5, 0.6) is 5.75 Å². The molecule has 7 heteroatoms. The summed E-state index contributed by atoms with van der Waals surface area (Å²) in [5.41, 5.74) is 6.48. The number of hydrogen-bond acceptors (Lipinski definition) is 4. The maximum absolute atomic E-state index is 12.9. The van der Waals surface area contributed by atoms with Gasteiger partial charge in [0, 0.05) is 17.1 Å². The number of carbonyl (C=O) groups is 2. The second-order valence-electron chi connectivity index (χ2n) is 8.12. The zero-order valence-electron chi connectivity index (χ0n) is 19.0. The molecule has 170 valence electrons. The molecular formula is C26H25ClN2O3S. The molecule has 0 spiro atoms. The van der Waals surface area contributed by atoms with Crippen molar-refractivity contribution in [3.63, 3.8) is 0 Å². The number of aromatic nitrogens is 1. The Morgan fingerprint density at radius 2 is 1.70 bits per heavy atom. The van der Waals surface area contributed by atoms with E-state index in [0.29, 0.717) is 15.7 Å². The van der Waals surface area contributed by atoms with Crippen LogP contribution < -0.4 is 4.74 Å². The van der Waals surface area contributed by atoms with Gasteiger partial charge in [0.1, 0.15) is 12.4 Å². The van der Waals surface area contributed by atoms with E-state index in [9.17, 15) is 9.59 Å². The number of para-hydroxylation sites is 1. The SMILES string of the molecule is Cc1cc(C)cc(-n2c(C)cc(/C=C3\SC(=O)N(CCOc4ccccc4Cl)C3=O)c2C)c1. The molecule has 4 rings (SSSR count). The second-order valence-corrected chi connectivity index (χ2v) is 9.52. The lowest BCUT2D eigenvalue weighted by molar-refractivity contribution is -0.123. The number of imide groups is 1. The van der Waals surface area contributed by atoms with Crippen molar-refractivity contribution in [1.82, 2.24) is 9.47 Å². The lowest BCUT2D eigenvalue weighted by atomic mass is 10.1. The summed E-state index contributed by atoms with van der Waals surface area (Å²) in [5, 5.41) is 0.197. The molecule has 1 aliphatic rings. The molecule has 1 aliphatic heterocycles. The summed E-state index contributed by atoms with van der Waals surface area (Å²) in [6, 6.07) is 15.6. The van der Waals surface area contributed by atoms with Gasteiger partial charge < -0.3 is 9.30 Å². The van der Waals surface area contributed by atoms with E-state index in [-0.39, 0.29) is 24.3 Å². The molecule has 1 fully saturated rings. The van der Waals surface area contributed by atoms with Crippen molar-refractivity contribution in [3.05, 3.63) is 86.5 Å². The number of amides is 2. The molecule has 0 atom stereocenters. The fraction of sp³-hybridized carbons (Fsp3) is 0.231. The highest BCUT2D eigenvalue weighted by molar-refractivity contribution is 8.18. The van der Waals surface area contributed by atoms with Crippen LogP contribution in [0, 0.1) is 27.7 Å². The highest BCUT2D eigenvalue weighted by atomic mass is 35.5. The van der Waals surface area contributed by atoms with Crippen LogP contribution in [0.4, 0.5) is 4.79 Å². The van der Waals surface area contributed by atoms with Crippen LogP contribution in [0.3, 0.4) is 0 Å². The van der Waals surface area contributed by atoms with E-state index in [0.717, 1.165) is 34.4 Å². The summed E-state index contributed by atoms with van der Waals surface area (Å²) in [4.78, 5) is 27.0. The number of hydrogen-bond donors (Lipinski definition) is 0. The summed E-state index contributed by atoms with van der Waals surface area (Å²) in [7, 11) is 0. The van der Waals surface area contributed by atoms with E-state index in [1.807, 2.05) is 32.0 Å². The molecule has 0 bridgehead atoms. The molecule has 5 nitrogen and oxygen atoms in total. The van der Waals surface area contributed by atoms with Gasteiger partial charge in [0.05, 0.1) is 16.5 Å². The van der Waals surface area contributed by atoms with Crippen LogP contribution in [0.2, 0.25) is 5.02 Å². The van der Waals surface area contributed by atoms with Crippen LogP contribution in [0.25, 0.3) is 11.8 Å². The smallest absolute Gasteiger partial charge is 0.293 e. The molecule has 3 aromatic rings. The van der Waals surface area contributed by atoms with Gasteiger partial charge in [-0.05, 0) is 92.6 Å². The first kappa shape index (κ1) is 23.2. The first-order chi connectivity index (χ1) is 15.7. The number of carbonyl (C=O) groups excluding carboxylic acids is 2. The Hall–Kier alpha value is -2.96. The third kappa shape index (κ3) is 4.87. The molecule has 33 heavy (non-hydrogen) atoms. The Labute approximate surface area is 203 Å². The molecule has 2 amide bonds. The first-order valence-corrected chi connectivity index (χ1v) is 11.8. The maximum atomic E-state index is 12.9. The Morgan fingerprint density at radius 1 is 1.00 bits per heavy atom. The van der Waals surface area contributed by atoms with Crippen molar-refractivity contribution < 1.29 is 14.3 Å². The van der Waals surface area contributed by atoms with Gasteiger partial charge >= 0.3 is 0 Å². The number of nitrogens with zero attached hydrogens (tertiary/aromatic N) is 2. The molecular weight excluding hydrogens is 456 g/mol. The van der Waals surface area contributed by atoms with Crippen molar-refractivity contribution in [1.29, 1.82) is 0 Å². The Morgan fingerprint density at radius 3 is 2.39 bits per heavy atom. The van der Waals surface area contributed by atoms with Gasteiger partial charge in [-0.15, -0.1) is 0 Å². The summed E-state index contributed by atoms with van der Waals surface area (Å²) in [6.07, 6.45) is 1.81. The van der Waals surface area contributed by atoms with Crippen molar-refractivity contribution in [2.45, 2.75) is 27.7 Å². The van der Waals surface area contributed by atoms with Crippen LogP contribution in [0.1, 0.15) is 28.1 Å². The predicted octanol–water partition coefficient (Wildman–Crippen LogP) is 6.48. The van der Waals surface area contributed by atoms with Crippen molar-refractivity contribution in [2.75, 3.05) is 13.2 Å². The third-order valence-electron chi connectivity index (χ3n) is 5.50. The van der Waals surface area contributed by atoms with Crippen molar-refractivity contribution >= 4 is 40.6 Å². The summed E-state index contributed by atoms with van der Waals surface area (Å²) < 4.78 is 7.82. The monoisotopic (exact) mass is 480 g/mol. The van der Waals surface area contributed by atoms with Gasteiger partial charge in [-0.25, -0.2) is 0 Å². The first-order valence-electron chi connectivity index (χ1n) is 10.6. The molecule has 0 aliphatic carbocycles. The molecule has 0 N–H and O–H groups in total. The van der Waals surface area contributed by atoms with E-state index in [4.69, 9.17) is 16.3 Å². The van der Waals surface area contributed by atoms with E-state index in [1.54, 1.807) is 18.2 Å². The van der Waals surface area contributed by atoms with E-state index >= 15 is 0 Å². The van der Waals surface area contributed by atoms with Gasteiger partial charge in [0.25, 0.3) is 11.1 Å². The van der Waals surface area contributed by atoms with Gasteiger partial charge in [0.15, 0.2) is 0 Å². The van der Waals surface area contributed by atoms with E-state index < -0.39 is 0 Å². The fourth-order valence-electron chi connectivity index (χ4n) is 4.05. The number of ether oxygens (including phenoxy) is 1.